The minimum atomic E-state index is -4.23. The summed E-state index contributed by atoms with van der Waals surface area (Å²) in [5, 5.41) is 11.3. The Morgan fingerprint density at radius 2 is 2.00 bits per heavy atom. The molecule has 2 unspecified atom stereocenters. The maximum atomic E-state index is 12.6. The zero-order valence-electron chi connectivity index (χ0n) is 15.4. The molecule has 0 spiro atoms. The van der Waals surface area contributed by atoms with Crippen molar-refractivity contribution in [3.8, 4) is 5.75 Å². The van der Waals surface area contributed by atoms with Crippen LogP contribution in [0.15, 0.2) is 23.1 Å². The van der Waals surface area contributed by atoms with Crippen molar-refractivity contribution in [2.75, 3.05) is 11.9 Å². The van der Waals surface area contributed by atoms with Crippen molar-refractivity contribution in [1.29, 1.82) is 0 Å². The molecule has 1 aromatic carbocycles. The lowest BCUT2D eigenvalue weighted by molar-refractivity contribution is -0.138. The molecule has 1 aromatic rings. The Labute approximate surface area is 158 Å². The molecule has 150 valence electrons. The Balaban J connectivity index is 3.22. The highest BCUT2D eigenvalue weighted by atomic mass is 32.2. The van der Waals surface area contributed by atoms with Crippen LogP contribution in [0, 0.1) is 5.92 Å². The maximum absolute atomic E-state index is 12.6. The van der Waals surface area contributed by atoms with Crippen molar-refractivity contribution in [3.63, 3.8) is 0 Å². The van der Waals surface area contributed by atoms with E-state index in [1.807, 2.05) is 18.6 Å². The van der Waals surface area contributed by atoms with Crippen molar-refractivity contribution in [3.05, 3.63) is 18.2 Å². The van der Waals surface area contributed by atoms with Crippen LogP contribution < -0.4 is 14.8 Å². The molecule has 0 aromatic heterocycles. The lowest BCUT2D eigenvalue weighted by atomic mass is 10.1. The number of anilines is 1. The van der Waals surface area contributed by atoms with Crippen molar-refractivity contribution >= 4 is 33.9 Å². The molecule has 1 amide bonds. The Morgan fingerprint density at radius 1 is 1.33 bits per heavy atom. The van der Waals surface area contributed by atoms with Crippen LogP contribution >= 0.6 is 0 Å². The second-order valence-corrected chi connectivity index (χ2v) is 7.81. The number of hydrogen-bond acceptors (Lipinski definition) is 6. The van der Waals surface area contributed by atoms with E-state index in [2.05, 4.69) is 5.32 Å². The number of carbonyl (C=O) groups is 3. The third kappa shape index (κ3) is 7.35. The van der Waals surface area contributed by atoms with Crippen LogP contribution in [0.1, 0.15) is 33.6 Å². The molecule has 0 bridgehead atoms. The molecule has 0 aliphatic carbocycles. The largest absolute Gasteiger partial charge is 0.492 e. The van der Waals surface area contributed by atoms with Crippen molar-refractivity contribution < 1.29 is 32.6 Å². The van der Waals surface area contributed by atoms with Gasteiger partial charge in [-0.1, -0.05) is 20.3 Å². The number of aldehydes is 1. The van der Waals surface area contributed by atoms with Crippen LogP contribution in [0.2, 0.25) is 0 Å². The Bertz CT molecular complexity index is 792. The van der Waals surface area contributed by atoms with E-state index in [1.54, 1.807) is 0 Å². The van der Waals surface area contributed by atoms with Crippen LogP contribution in [0.4, 0.5) is 5.69 Å². The number of carboxylic acids is 1. The maximum Gasteiger partial charge on any atom is 0.305 e. The average Bonchev–Trinajstić information content (AvgIpc) is 2.57. The minimum Gasteiger partial charge on any atom is -0.492 e. The summed E-state index contributed by atoms with van der Waals surface area (Å²) in [5.41, 5.74) is 0.345. The summed E-state index contributed by atoms with van der Waals surface area (Å²) >= 11 is 0. The molecular weight excluding hydrogens is 376 g/mol. The number of amides is 1. The molecule has 27 heavy (non-hydrogen) atoms. The molecular formula is C17H24N2O7S. The molecule has 0 heterocycles. The number of sulfonamides is 1. The van der Waals surface area contributed by atoms with E-state index in [1.165, 1.54) is 25.1 Å². The molecule has 0 saturated carbocycles. The molecule has 0 fully saturated rings. The van der Waals surface area contributed by atoms with Gasteiger partial charge in [0.05, 0.1) is 19.1 Å². The normalized spacial score (nSPS) is 13.4. The molecule has 0 radical (unpaired) electrons. The summed E-state index contributed by atoms with van der Waals surface area (Å²) in [6, 6.07) is 2.55. The summed E-state index contributed by atoms with van der Waals surface area (Å²) in [6.07, 6.45) is 0.352. The molecule has 9 nitrogen and oxygen atoms in total. The number of nitrogens with one attached hydrogen (secondary N) is 2. The SMILES string of the molecule is CCC(C)COc1cc(NC(C)=O)ccc1S(=O)(=O)NC(C=O)CC(=O)O. The van der Waals surface area contributed by atoms with Crippen LogP contribution in [0.25, 0.3) is 0 Å². The predicted octanol–water partition coefficient (Wildman–Crippen LogP) is 1.39. The smallest absolute Gasteiger partial charge is 0.305 e. The predicted molar refractivity (Wildman–Crippen MR) is 98.1 cm³/mol. The zero-order chi connectivity index (χ0) is 20.6. The van der Waals surface area contributed by atoms with Gasteiger partial charge in [-0.25, -0.2) is 13.1 Å². The standard InChI is InChI=1S/C17H24N2O7S/c1-4-11(2)10-26-15-7-13(18-12(3)21)5-6-16(15)27(24,25)19-14(9-20)8-17(22)23/h5-7,9,11,14,19H,4,8,10H2,1-3H3,(H,18,21)(H,22,23). The third-order valence-corrected chi connectivity index (χ3v) is 5.17. The summed E-state index contributed by atoms with van der Waals surface area (Å²) in [4.78, 5) is 32.7. The van der Waals surface area contributed by atoms with Gasteiger partial charge in [-0.05, 0) is 18.1 Å². The van der Waals surface area contributed by atoms with Crippen LogP contribution in [-0.2, 0) is 24.4 Å². The molecule has 10 heteroatoms. The van der Waals surface area contributed by atoms with Crippen LogP contribution in [0.5, 0.6) is 5.75 Å². The first-order chi connectivity index (χ1) is 12.6. The Hall–Kier alpha value is -2.46. The number of rotatable bonds is 11. The fourth-order valence-electron chi connectivity index (χ4n) is 2.04. The first kappa shape index (κ1) is 22.6. The average molecular weight is 400 g/mol. The third-order valence-electron chi connectivity index (χ3n) is 3.64. The van der Waals surface area contributed by atoms with Gasteiger partial charge in [0.2, 0.25) is 15.9 Å². The van der Waals surface area contributed by atoms with Crippen molar-refractivity contribution in [2.45, 2.75) is 44.6 Å². The van der Waals surface area contributed by atoms with E-state index < -0.39 is 28.5 Å². The Morgan fingerprint density at radius 3 is 2.52 bits per heavy atom. The van der Waals surface area contributed by atoms with E-state index in [0.717, 1.165) is 6.42 Å². The number of benzene rings is 1. The molecule has 2 atom stereocenters. The number of carboxylic acid groups (broad SMARTS) is 1. The minimum absolute atomic E-state index is 0.00553. The first-order valence-electron chi connectivity index (χ1n) is 8.32. The van der Waals surface area contributed by atoms with Crippen molar-refractivity contribution in [1.82, 2.24) is 4.72 Å². The number of hydrogen-bond donors (Lipinski definition) is 3. The van der Waals surface area contributed by atoms with Gasteiger partial charge in [-0.2, -0.15) is 0 Å². The Kier molecular flexibility index (Phi) is 8.38. The fourth-order valence-corrected chi connectivity index (χ4v) is 3.34. The van der Waals surface area contributed by atoms with E-state index >= 15 is 0 Å². The molecule has 0 aliphatic heterocycles. The summed E-state index contributed by atoms with van der Waals surface area (Å²) in [5.74, 6) is -1.50. The van der Waals surface area contributed by atoms with Gasteiger partial charge in [0.25, 0.3) is 0 Å². The van der Waals surface area contributed by atoms with Gasteiger partial charge in [-0.15, -0.1) is 0 Å². The highest BCUT2D eigenvalue weighted by Crippen LogP contribution is 2.28. The monoisotopic (exact) mass is 400 g/mol. The van der Waals surface area contributed by atoms with Crippen LogP contribution in [-0.4, -0.2) is 44.3 Å². The molecule has 1 rings (SSSR count). The number of carbonyl (C=O) groups excluding carboxylic acids is 2. The van der Waals surface area contributed by atoms with Gasteiger partial charge in [-0.3, -0.25) is 9.59 Å². The van der Waals surface area contributed by atoms with Gasteiger partial charge in [0, 0.05) is 18.7 Å². The van der Waals surface area contributed by atoms with Gasteiger partial charge >= 0.3 is 5.97 Å². The topological polar surface area (TPSA) is 139 Å². The highest BCUT2D eigenvalue weighted by Gasteiger charge is 2.25. The van der Waals surface area contributed by atoms with Gasteiger partial charge in [0.1, 0.15) is 16.9 Å². The van der Waals surface area contributed by atoms with E-state index in [-0.39, 0.29) is 35.4 Å². The summed E-state index contributed by atoms with van der Waals surface area (Å²) in [6.45, 7) is 5.45. The second kappa shape index (κ2) is 10.0. The van der Waals surface area contributed by atoms with E-state index in [4.69, 9.17) is 9.84 Å². The van der Waals surface area contributed by atoms with Crippen molar-refractivity contribution in [2.24, 2.45) is 5.92 Å². The molecule has 3 N–H and O–H groups in total. The summed E-state index contributed by atoms with van der Waals surface area (Å²) in [7, 11) is -4.23. The lowest BCUT2D eigenvalue weighted by Gasteiger charge is -2.17. The molecule has 0 aliphatic rings. The number of ether oxygens (including phenoxy) is 1. The molecule has 0 saturated heterocycles. The highest BCUT2D eigenvalue weighted by molar-refractivity contribution is 7.89. The van der Waals surface area contributed by atoms with Gasteiger partial charge < -0.3 is 20.0 Å². The first-order valence-corrected chi connectivity index (χ1v) is 9.81. The zero-order valence-corrected chi connectivity index (χ0v) is 16.2. The lowest BCUT2D eigenvalue weighted by Crippen LogP contribution is -2.37. The van der Waals surface area contributed by atoms with Gasteiger partial charge in [0.15, 0.2) is 0 Å². The van der Waals surface area contributed by atoms with Crippen LogP contribution in [0.3, 0.4) is 0 Å². The van der Waals surface area contributed by atoms with E-state index in [0.29, 0.717) is 5.69 Å². The second-order valence-electron chi connectivity index (χ2n) is 6.13. The fraction of sp³-hybridized carbons (Fsp3) is 0.471. The quantitative estimate of drug-likeness (QED) is 0.477. The summed E-state index contributed by atoms with van der Waals surface area (Å²) < 4.78 is 32.9. The number of aliphatic carboxylic acids is 1. The van der Waals surface area contributed by atoms with E-state index in [9.17, 15) is 22.8 Å².